The smallest absolute Gasteiger partial charge is 0.340 e. The second-order valence-electron chi connectivity index (χ2n) is 5.13. The van der Waals surface area contributed by atoms with Crippen molar-refractivity contribution in [2.75, 3.05) is 17.2 Å². The van der Waals surface area contributed by atoms with Crippen LogP contribution in [-0.2, 0) is 14.3 Å². The van der Waals surface area contributed by atoms with Gasteiger partial charge in [-0.2, -0.15) is 0 Å². The van der Waals surface area contributed by atoms with Crippen molar-refractivity contribution >= 4 is 40.8 Å². The first-order valence-corrected chi connectivity index (χ1v) is 7.94. The van der Waals surface area contributed by atoms with E-state index in [4.69, 9.17) is 16.3 Å². The van der Waals surface area contributed by atoms with Crippen molar-refractivity contribution in [3.05, 3.63) is 58.6 Å². The molecule has 6 nitrogen and oxygen atoms in total. The maximum atomic E-state index is 12.1. The Morgan fingerprint density at radius 3 is 2.32 bits per heavy atom. The van der Waals surface area contributed by atoms with Crippen LogP contribution in [0.5, 0.6) is 0 Å². The third-order valence-corrected chi connectivity index (χ3v) is 3.56. The van der Waals surface area contributed by atoms with Crippen LogP contribution in [0.1, 0.15) is 22.8 Å². The number of carbonyl (C=O) groups is 3. The predicted molar refractivity (Wildman–Crippen MR) is 95.8 cm³/mol. The number of carbonyl (C=O) groups excluding carboxylic acids is 3. The highest BCUT2D eigenvalue weighted by molar-refractivity contribution is 6.44. The maximum absolute atomic E-state index is 12.1. The van der Waals surface area contributed by atoms with Crippen LogP contribution >= 0.6 is 11.6 Å². The number of rotatable bonds is 4. The van der Waals surface area contributed by atoms with Crippen LogP contribution in [0.25, 0.3) is 0 Å². The van der Waals surface area contributed by atoms with Crippen molar-refractivity contribution in [1.82, 2.24) is 0 Å². The van der Waals surface area contributed by atoms with Crippen molar-refractivity contribution in [2.45, 2.75) is 13.8 Å². The Labute approximate surface area is 150 Å². The molecule has 0 aliphatic rings. The van der Waals surface area contributed by atoms with Crippen LogP contribution in [0.4, 0.5) is 11.4 Å². The topological polar surface area (TPSA) is 84.5 Å². The summed E-state index contributed by atoms with van der Waals surface area (Å²) in [6, 6.07) is 11.3. The molecule has 0 atom stereocenters. The van der Waals surface area contributed by atoms with Gasteiger partial charge in [-0.1, -0.05) is 29.8 Å². The third kappa shape index (κ3) is 4.81. The lowest BCUT2D eigenvalue weighted by atomic mass is 10.1. The fourth-order valence-electron chi connectivity index (χ4n) is 2.07. The molecular formula is C18H17ClN2O4. The first kappa shape index (κ1) is 18.5. The molecule has 0 bridgehead atoms. The Bertz CT molecular complexity index is 820. The van der Waals surface area contributed by atoms with Crippen molar-refractivity contribution in [3.8, 4) is 0 Å². The van der Waals surface area contributed by atoms with E-state index in [0.29, 0.717) is 10.7 Å². The summed E-state index contributed by atoms with van der Waals surface area (Å²) in [4.78, 5) is 36.1. The standard InChI is InChI=1S/C18H17ClN2O4/c1-3-25-18(24)13-6-4-5-7-14(13)20-16(22)17(23)21-15-10-12(19)9-8-11(15)2/h4-10H,3H2,1-2H3,(H,20,22)(H,21,23). The van der Waals surface area contributed by atoms with Gasteiger partial charge in [0.15, 0.2) is 0 Å². The highest BCUT2D eigenvalue weighted by atomic mass is 35.5. The lowest BCUT2D eigenvalue weighted by Gasteiger charge is -2.11. The Morgan fingerprint density at radius 2 is 1.64 bits per heavy atom. The van der Waals surface area contributed by atoms with Crippen LogP contribution in [-0.4, -0.2) is 24.4 Å². The van der Waals surface area contributed by atoms with Crippen molar-refractivity contribution < 1.29 is 19.1 Å². The van der Waals surface area contributed by atoms with Crippen molar-refractivity contribution in [3.63, 3.8) is 0 Å². The lowest BCUT2D eigenvalue weighted by Crippen LogP contribution is -2.30. The summed E-state index contributed by atoms with van der Waals surface area (Å²) in [5, 5.41) is 5.35. The minimum Gasteiger partial charge on any atom is -0.462 e. The summed E-state index contributed by atoms with van der Waals surface area (Å²) in [6.45, 7) is 3.66. The zero-order valence-electron chi connectivity index (χ0n) is 13.8. The van der Waals surface area contributed by atoms with E-state index < -0.39 is 17.8 Å². The van der Waals surface area contributed by atoms with E-state index in [9.17, 15) is 14.4 Å². The number of ether oxygens (including phenoxy) is 1. The van der Waals surface area contributed by atoms with Crippen LogP contribution < -0.4 is 10.6 Å². The predicted octanol–water partition coefficient (Wildman–Crippen LogP) is 3.40. The summed E-state index contributed by atoms with van der Waals surface area (Å²) in [5.41, 5.74) is 1.57. The molecule has 25 heavy (non-hydrogen) atoms. The largest absolute Gasteiger partial charge is 0.462 e. The summed E-state index contributed by atoms with van der Waals surface area (Å²) >= 11 is 5.89. The lowest BCUT2D eigenvalue weighted by molar-refractivity contribution is -0.133. The first-order chi connectivity index (χ1) is 11.9. The van der Waals surface area contributed by atoms with Gasteiger partial charge in [0.25, 0.3) is 0 Å². The van der Waals surface area contributed by atoms with Crippen LogP contribution in [0.15, 0.2) is 42.5 Å². The zero-order chi connectivity index (χ0) is 18.4. The van der Waals surface area contributed by atoms with Gasteiger partial charge < -0.3 is 15.4 Å². The number of hydrogen-bond donors (Lipinski definition) is 2. The van der Waals surface area contributed by atoms with Crippen LogP contribution in [0, 0.1) is 6.92 Å². The average Bonchev–Trinajstić information content (AvgIpc) is 2.58. The van der Waals surface area contributed by atoms with E-state index >= 15 is 0 Å². The quantitative estimate of drug-likeness (QED) is 0.646. The monoisotopic (exact) mass is 360 g/mol. The summed E-state index contributed by atoms with van der Waals surface area (Å²) in [7, 11) is 0. The van der Waals surface area contributed by atoms with Crippen molar-refractivity contribution in [1.29, 1.82) is 0 Å². The number of aryl methyl sites for hydroxylation is 1. The first-order valence-electron chi connectivity index (χ1n) is 7.57. The number of amides is 2. The molecule has 0 fully saturated rings. The van der Waals surface area contributed by atoms with Crippen LogP contribution in [0.3, 0.4) is 0 Å². The molecule has 0 spiro atoms. The summed E-state index contributed by atoms with van der Waals surface area (Å²) < 4.78 is 4.93. The second-order valence-corrected chi connectivity index (χ2v) is 5.57. The molecule has 0 saturated heterocycles. The number of esters is 1. The molecule has 0 unspecified atom stereocenters. The normalized spacial score (nSPS) is 10.0. The van der Waals surface area contributed by atoms with Gasteiger partial charge in [-0.3, -0.25) is 9.59 Å². The summed E-state index contributed by atoms with van der Waals surface area (Å²) in [5.74, 6) is -2.36. The molecule has 0 saturated carbocycles. The number of halogens is 1. The Hall–Kier alpha value is -2.86. The highest BCUT2D eigenvalue weighted by Crippen LogP contribution is 2.20. The number of benzene rings is 2. The zero-order valence-corrected chi connectivity index (χ0v) is 14.5. The molecule has 2 aromatic carbocycles. The van der Waals surface area contributed by atoms with E-state index in [1.54, 1.807) is 44.2 Å². The van der Waals surface area contributed by atoms with Gasteiger partial charge in [0.2, 0.25) is 0 Å². The number of anilines is 2. The van der Waals surface area contributed by atoms with E-state index in [1.807, 2.05) is 0 Å². The Morgan fingerprint density at radius 1 is 1.00 bits per heavy atom. The van der Waals surface area contributed by atoms with Gasteiger partial charge in [-0.05, 0) is 43.7 Å². The molecule has 0 aromatic heterocycles. The molecule has 0 radical (unpaired) electrons. The van der Waals surface area contributed by atoms with Crippen LogP contribution in [0.2, 0.25) is 5.02 Å². The van der Waals surface area contributed by atoms with E-state index in [2.05, 4.69) is 10.6 Å². The summed E-state index contributed by atoms with van der Waals surface area (Å²) in [6.07, 6.45) is 0. The fourth-order valence-corrected chi connectivity index (χ4v) is 2.24. The minimum atomic E-state index is -0.906. The second kappa shape index (κ2) is 8.30. The van der Waals surface area contributed by atoms with E-state index in [0.717, 1.165) is 5.56 Å². The fraction of sp³-hybridized carbons (Fsp3) is 0.167. The van der Waals surface area contributed by atoms with Gasteiger partial charge in [-0.15, -0.1) is 0 Å². The Kier molecular flexibility index (Phi) is 6.14. The van der Waals surface area contributed by atoms with Gasteiger partial charge in [0.1, 0.15) is 0 Å². The van der Waals surface area contributed by atoms with Gasteiger partial charge >= 0.3 is 17.8 Å². The van der Waals surface area contributed by atoms with E-state index in [-0.39, 0.29) is 17.9 Å². The molecule has 2 aromatic rings. The molecule has 2 rings (SSSR count). The molecule has 0 heterocycles. The van der Waals surface area contributed by atoms with Crippen molar-refractivity contribution in [2.24, 2.45) is 0 Å². The molecule has 0 aliphatic carbocycles. The third-order valence-electron chi connectivity index (χ3n) is 3.32. The highest BCUT2D eigenvalue weighted by Gasteiger charge is 2.19. The number of hydrogen-bond acceptors (Lipinski definition) is 4. The minimum absolute atomic E-state index is 0.171. The molecule has 130 valence electrons. The van der Waals surface area contributed by atoms with Gasteiger partial charge in [0.05, 0.1) is 17.9 Å². The van der Waals surface area contributed by atoms with Gasteiger partial charge in [0, 0.05) is 10.7 Å². The van der Waals surface area contributed by atoms with Gasteiger partial charge in [-0.25, -0.2) is 4.79 Å². The average molecular weight is 361 g/mol. The molecule has 2 amide bonds. The molecule has 7 heteroatoms. The number of para-hydroxylation sites is 1. The number of nitrogens with one attached hydrogen (secondary N) is 2. The Balaban J connectivity index is 2.13. The molecular weight excluding hydrogens is 344 g/mol. The maximum Gasteiger partial charge on any atom is 0.340 e. The SMILES string of the molecule is CCOC(=O)c1ccccc1NC(=O)C(=O)Nc1cc(Cl)ccc1C. The molecule has 2 N–H and O–H groups in total. The van der Waals surface area contributed by atoms with E-state index in [1.165, 1.54) is 12.1 Å². The molecule has 0 aliphatic heterocycles.